The number of fused-ring (bicyclic) bond motifs is 2. The summed E-state index contributed by atoms with van der Waals surface area (Å²) in [5.74, 6) is 0.967. The lowest BCUT2D eigenvalue weighted by Gasteiger charge is -2.10. The van der Waals surface area contributed by atoms with Crippen molar-refractivity contribution in [1.82, 2.24) is 0 Å². The summed E-state index contributed by atoms with van der Waals surface area (Å²) in [5, 5.41) is 3.71. The van der Waals surface area contributed by atoms with Crippen LogP contribution in [-0.4, -0.2) is 0 Å². The summed E-state index contributed by atoms with van der Waals surface area (Å²) in [6.07, 6.45) is 13.3. The zero-order valence-electron chi connectivity index (χ0n) is 19.4. The molecule has 32 heavy (non-hydrogen) atoms. The highest BCUT2D eigenvalue weighted by atomic mass is 16.3. The fourth-order valence-electron chi connectivity index (χ4n) is 4.23. The lowest BCUT2D eigenvalue weighted by molar-refractivity contribution is 0.596. The molecule has 1 heteroatoms. The van der Waals surface area contributed by atoms with Gasteiger partial charge in [0.05, 0.1) is 0 Å². The third-order valence-corrected chi connectivity index (χ3v) is 6.24. The molecule has 1 nitrogen and oxygen atoms in total. The molecule has 0 aliphatic rings. The van der Waals surface area contributed by atoms with Crippen LogP contribution in [0.5, 0.6) is 0 Å². The largest absolute Gasteiger partial charge is 0.456 e. The molecule has 0 fully saturated rings. The lowest BCUT2D eigenvalue weighted by atomic mass is 9.95. The molecule has 1 heterocycles. The molecule has 0 radical (unpaired) electrons. The van der Waals surface area contributed by atoms with E-state index in [1.807, 2.05) is 12.1 Å². The third kappa shape index (κ3) is 4.94. The molecular formula is C31H32O. The number of hydrogen-bond donors (Lipinski definition) is 0. The number of para-hydroxylation sites is 1. The van der Waals surface area contributed by atoms with Gasteiger partial charge >= 0.3 is 0 Å². The van der Waals surface area contributed by atoms with Crippen LogP contribution < -0.4 is 0 Å². The van der Waals surface area contributed by atoms with Crippen molar-refractivity contribution in [1.29, 1.82) is 0 Å². The second kappa shape index (κ2) is 10.3. The summed E-state index contributed by atoms with van der Waals surface area (Å²) >= 11 is 0. The van der Waals surface area contributed by atoms with Gasteiger partial charge in [0.2, 0.25) is 0 Å². The normalized spacial score (nSPS) is 13.0. The van der Waals surface area contributed by atoms with Gasteiger partial charge in [-0.25, -0.2) is 0 Å². The molecule has 0 amide bonds. The Hall–Kier alpha value is -3.32. The lowest BCUT2D eigenvalue weighted by Crippen LogP contribution is -1.88. The van der Waals surface area contributed by atoms with Crippen LogP contribution in [0.15, 0.2) is 94.9 Å². The van der Waals surface area contributed by atoms with E-state index in [2.05, 4.69) is 99.7 Å². The Morgan fingerprint density at radius 3 is 2.47 bits per heavy atom. The first-order valence-corrected chi connectivity index (χ1v) is 11.7. The van der Waals surface area contributed by atoms with Crippen molar-refractivity contribution < 1.29 is 4.42 Å². The zero-order chi connectivity index (χ0) is 22.3. The van der Waals surface area contributed by atoms with Crippen molar-refractivity contribution in [3.8, 4) is 0 Å². The number of rotatable bonds is 8. The summed E-state index contributed by atoms with van der Waals surface area (Å²) < 4.78 is 6.28. The SMILES string of the molecule is C/C=C(/CC)C/C=C\CC/C(=C\c1c(C)ccc2ccccc12)c1cc2ccccc2o1. The predicted molar refractivity (Wildman–Crippen MR) is 140 cm³/mol. The van der Waals surface area contributed by atoms with Crippen LogP contribution in [0.4, 0.5) is 0 Å². The quantitative estimate of drug-likeness (QED) is 0.259. The van der Waals surface area contributed by atoms with E-state index in [9.17, 15) is 0 Å². The molecule has 0 spiro atoms. The maximum absolute atomic E-state index is 6.28. The summed E-state index contributed by atoms with van der Waals surface area (Å²) in [5.41, 5.74) is 6.24. The molecule has 0 aliphatic carbocycles. The van der Waals surface area contributed by atoms with E-state index in [1.165, 1.54) is 33.0 Å². The van der Waals surface area contributed by atoms with Gasteiger partial charge in [-0.2, -0.15) is 0 Å². The van der Waals surface area contributed by atoms with Gasteiger partial charge in [0, 0.05) is 5.39 Å². The Balaban J connectivity index is 1.70. The minimum Gasteiger partial charge on any atom is -0.456 e. The molecule has 0 bridgehead atoms. The minimum atomic E-state index is 0.941. The van der Waals surface area contributed by atoms with Crippen LogP contribution in [0.25, 0.3) is 33.4 Å². The maximum Gasteiger partial charge on any atom is 0.134 e. The standard InChI is InChI=1S/C31H32O/c1-4-24(5-2)13-7-6-8-15-26(31-22-27-16-10-12-18-30(27)32-31)21-29-23(3)19-20-25-14-9-11-17-28(25)29/h4,6-7,9-12,14,16-22H,5,8,13,15H2,1-3H3/b7-6-,24-4-,26-21+. The highest BCUT2D eigenvalue weighted by Gasteiger charge is 2.11. The molecular weight excluding hydrogens is 388 g/mol. The second-order valence-corrected chi connectivity index (χ2v) is 8.35. The molecule has 162 valence electrons. The first-order chi connectivity index (χ1) is 15.7. The third-order valence-electron chi connectivity index (χ3n) is 6.24. The van der Waals surface area contributed by atoms with Gasteiger partial charge in [0.1, 0.15) is 11.3 Å². The highest BCUT2D eigenvalue weighted by molar-refractivity contribution is 5.97. The zero-order valence-corrected chi connectivity index (χ0v) is 19.4. The van der Waals surface area contributed by atoms with Gasteiger partial charge in [0.15, 0.2) is 0 Å². The average molecular weight is 421 g/mol. The van der Waals surface area contributed by atoms with E-state index in [0.717, 1.165) is 42.4 Å². The van der Waals surface area contributed by atoms with Gasteiger partial charge < -0.3 is 4.42 Å². The molecule has 3 aromatic carbocycles. The number of aryl methyl sites for hydroxylation is 1. The molecule has 0 N–H and O–H groups in total. The topological polar surface area (TPSA) is 13.1 Å². The number of hydrogen-bond acceptors (Lipinski definition) is 1. The van der Waals surface area contributed by atoms with Crippen LogP contribution in [0.2, 0.25) is 0 Å². The van der Waals surface area contributed by atoms with E-state index in [4.69, 9.17) is 4.42 Å². The monoisotopic (exact) mass is 420 g/mol. The van der Waals surface area contributed by atoms with E-state index >= 15 is 0 Å². The van der Waals surface area contributed by atoms with Crippen LogP contribution in [0.3, 0.4) is 0 Å². The first kappa shape index (κ1) is 21.9. The highest BCUT2D eigenvalue weighted by Crippen LogP contribution is 2.32. The van der Waals surface area contributed by atoms with Crippen molar-refractivity contribution in [2.45, 2.75) is 46.5 Å². The fraction of sp³-hybridized carbons (Fsp3) is 0.226. The molecule has 1 aromatic heterocycles. The van der Waals surface area contributed by atoms with Gasteiger partial charge in [-0.3, -0.25) is 0 Å². The van der Waals surface area contributed by atoms with Gasteiger partial charge in [-0.15, -0.1) is 0 Å². The van der Waals surface area contributed by atoms with Crippen LogP contribution in [-0.2, 0) is 0 Å². The average Bonchev–Trinajstić information content (AvgIpc) is 3.26. The first-order valence-electron chi connectivity index (χ1n) is 11.7. The minimum absolute atomic E-state index is 0.941. The van der Waals surface area contributed by atoms with Crippen LogP contribution in [0, 0.1) is 6.92 Å². The molecule has 0 unspecified atom stereocenters. The van der Waals surface area contributed by atoms with E-state index < -0.39 is 0 Å². The van der Waals surface area contributed by atoms with Crippen molar-refractivity contribution in [2.24, 2.45) is 0 Å². The van der Waals surface area contributed by atoms with Crippen LogP contribution >= 0.6 is 0 Å². The molecule has 0 aliphatic heterocycles. The smallest absolute Gasteiger partial charge is 0.134 e. The molecule has 0 saturated carbocycles. The summed E-state index contributed by atoms with van der Waals surface area (Å²) in [6.45, 7) is 6.54. The molecule has 4 rings (SSSR count). The Morgan fingerprint density at radius 1 is 0.906 bits per heavy atom. The molecule has 4 aromatic rings. The van der Waals surface area contributed by atoms with Crippen molar-refractivity contribution in [3.05, 3.63) is 107 Å². The Labute approximate surface area is 191 Å². The Bertz CT molecular complexity index is 1260. The second-order valence-electron chi connectivity index (χ2n) is 8.35. The molecule has 0 saturated heterocycles. The number of allylic oxidation sites excluding steroid dienone is 5. The Morgan fingerprint density at radius 2 is 1.69 bits per heavy atom. The number of furan rings is 1. The van der Waals surface area contributed by atoms with E-state index in [-0.39, 0.29) is 0 Å². The summed E-state index contributed by atoms with van der Waals surface area (Å²) in [6, 6.07) is 23.5. The molecule has 0 atom stereocenters. The predicted octanol–water partition coefficient (Wildman–Crippen LogP) is 9.52. The Kier molecular flexibility index (Phi) is 7.07. The summed E-state index contributed by atoms with van der Waals surface area (Å²) in [7, 11) is 0. The summed E-state index contributed by atoms with van der Waals surface area (Å²) in [4.78, 5) is 0. The van der Waals surface area contributed by atoms with Crippen molar-refractivity contribution in [3.63, 3.8) is 0 Å². The maximum atomic E-state index is 6.28. The van der Waals surface area contributed by atoms with Crippen molar-refractivity contribution in [2.75, 3.05) is 0 Å². The van der Waals surface area contributed by atoms with Crippen LogP contribution in [0.1, 0.15) is 56.4 Å². The fourth-order valence-corrected chi connectivity index (χ4v) is 4.23. The van der Waals surface area contributed by atoms with E-state index in [0.29, 0.717) is 0 Å². The van der Waals surface area contributed by atoms with Crippen molar-refractivity contribution >= 4 is 33.4 Å². The number of benzene rings is 3. The van der Waals surface area contributed by atoms with Gasteiger partial charge in [-0.1, -0.05) is 85.3 Å². The van der Waals surface area contributed by atoms with Gasteiger partial charge in [-0.05, 0) is 85.2 Å². The van der Waals surface area contributed by atoms with Gasteiger partial charge in [0.25, 0.3) is 0 Å². The van der Waals surface area contributed by atoms with E-state index in [1.54, 1.807) is 0 Å².